The molecule has 0 aliphatic carbocycles. The molecule has 0 saturated heterocycles. The van der Waals surface area contributed by atoms with Gasteiger partial charge in [0.05, 0.1) is 27.8 Å². The highest BCUT2D eigenvalue weighted by Gasteiger charge is 2.34. The zero-order chi connectivity index (χ0) is 14.8. The summed E-state index contributed by atoms with van der Waals surface area (Å²) in [7, 11) is 3.91. The molecule has 0 aliphatic heterocycles. The number of carbonyl (C=O) groups excluding carboxylic acids is 1. The van der Waals surface area contributed by atoms with Gasteiger partial charge in [-0.25, -0.2) is 0 Å². The van der Waals surface area contributed by atoms with Gasteiger partial charge in [-0.15, -0.1) is 0 Å². The van der Waals surface area contributed by atoms with Gasteiger partial charge in [-0.05, 0) is 57.2 Å². The normalized spacial score (nSPS) is 14.7. The molecule has 0 amide bonds. The summed E-state index contributed by atoms with van der Waals surface area (Å²) in [6, 6.07) is 0. The van der Waals surface area contributed by atoms with Gasteiger partial charge in [0.2, 0.25) is 0 Å². The van der Waals surface area contributed by atoms with Crippen molar-refractivity contribution in [1.82, 2.24) is 14.7 Å². The van der Waals surface area contributed by atoms with E-state index in [2.05, 4.69) is 28.0 Å². The SMILES string of the molecule is CCn1nc(C)c(Br)c1CC(=O)C(C)(CC)N(C)C. The maximum absolute atomic E-state index is 12.6. The summed E-state index contributed by atoms with van der Waals surface area (Å²) in [5.74, 6) is 0.232. The molecule has 0 aliphatic rings. The highest BCUT2D eigenvalue weighted by atomic mass is 79.9. The predicted octanol–water partition coefficient (Wildman–Crippen LogP) is 2.82. The highest BCUT2D eigenvalue weighted by Crippen LogP contribution is 2.25. The largest absolute Gasteiger partial charge is 0.297 e. The molecule has 0 saturated carbocycles. The van der Waals surface area contributed by atoms with Crippen molar-refractivity contribution in [1.29, 1.82) is 0 Å². The Morgan fingerprint density at radius 2 is 2.00 bits per heavy atom. The average molecular weight is 330 g/mol. The monoisotopic (exact) mass is 329 g/mol. The van der Waals surface area contributed by atoms with Crippen molar-refractivity contribution in [3.05, 3.63) is 15.9 Å². The summed E-state index contributed by atoms with van der Waals surface area (Å²) in [5.41, 5.74) is 1.50. The fourth-order valence-electron chi connectivity index (χ4n) is 2.14. The van der Waals surface area contributed by atoms with Gasteiger partial charge in [0, 0.05) is 6.54 Å². The van der Waals surface area contributed by atoms with Gasteiger partial charge in [-0.3, -0.25) is 14.4 Å². The molecule has 1 atom stereocenters. The van der Waals surface area contributed by atoms with Crippen LogP contribution in [0.15, 0.2) is 4.47 Å². The topological polar surface area (TPSA) is 38.1 Å². The van der Waals surface area contributed by atoms with Crippen LogP contribution in [-0.2, 0) is 17.8 Å². The first-order valence-electron chi connectivity index (χ1n) is 6.70. The first-order chi connectivity index (χ1) is 8.77. The molecule has 108 valence electrons. The Bertz CT molecular complexity index is 468. The van der Waals surface area contributed by atoms with Gasteiger partial charge < -0.3 is 0 Å². The lowest BCUT2D eigenvalue weighted by Gasteiger charge is -2.34. The van der Waals surface area contributed by atoms with E-state index in [1.807, 2.05) is 44.4 Å². The van der Waals surface area contributed by atoms with Gasteiger partial charge in [-0.2, -0.15) is 5.10 Å². The van der Waals surface area contributed by atoms with Crippen LogP contribution in [0.1, 0.15) is 38.6 Å². The maximum Gasteiger partial charge on any atom is 0.158 e. The number of rotatable bonds is 6. The first-order valence-corrected chi connectivity index (χ1v) is 7.49. The van der Waals surface area contributed by atoms with Crippen LogP contribution in [0.2, 0.25) is 0 Å². The third-order valence-electron chi connectivity index (χ3n) is 4.06. The lowest BCUT2D eigenvalue weighted by molar-refractivity contribution is -0.128. The molecule has 19 heavy (non-hydrogen) atoms. The number of Topliss-reactive ketones (excluding diaryl/α,β-unsaturated/α-hetero) is 1. The van der Waals surface area contributed by atoms with E-state index in [0.29, 0.717) is 6.42 Å². The Morgan fingerprint density at radius 3 is 2.42 bits per heavy atom. The second kappa shape index (κ2) is 6.18. The highest BCUT2D eigenvalue weighted by molar-refractivity contribution is 9.10. The van der Waals surface area contributed by atoms with Gasteiger partial charge in [0.1, 0.15) is 0 Å². The zero-order valence-corrected chi connectivity index (χ0v) is 14.3. The lowest BCUT2D eigenvalue weighted by Crippen LogP contribution is -2.48. The minimum Gasteiger partial charge on any atom is -0.297 e. The lowest BCUT2D eigenvalue weighted by atomic mass is 9.89. The van der Waals surface area contributed by atoms with Crippen molar-refractivity contribution < 1.29 is 4.79 Å². The zero-order valence-electron chi connectivity index (χ0n) is 12.7. The maximum atomic E-state index is 12.6. The Labute approximate surface area is 124 Å². The fourth-order valence-corrected chi connectivity index (χ4v) is 2.57. The van der Waals surface area contributed by atoms with Crippen LogP contribution < -0.4 is 0 Å². The van der Waals surface area contributed by atoms with Crippen molar-refractivity contribution >= 4 is 21.7 Å². The fraction of sp³-hybridized carbons (Fsp3) is 0.714. The molecule has 1 unspecified atom stereocenters. The molecule has 4 nitrogen and oxygen atoms in total. The number of likely N-dealkylation sites (N-methyl/N-ethyl adjacent to an activating group) is 1. The third kappa shape index (κ3) is 3.08. The molecule has 0 spiro atoms. The quantitative estimate of drug-likeness (QED) is 0.805. The van der Waals surface area contributed by atoms with Crippen LogP contribution in [0.5, 0.6) is 0 Å². The van der Waals surface area contributed by atoms with E-state index >= 15 is 0 Å². The van der Waals surface area contributed by atoms with Gasteiger partial charge in [0.15, 0.2) is 5.78 Å². The van der Waals surface area contributed by atoms with Crippen molar-refractivity contribution in [2.45, 2.75) is 52.6 Å². The van der Waals surface area contributed by atoms with Gasteiger partial charge >= 0.3 is 0 Å². The van der Waals surface area contributed by atoms with E-state index < -0.39 is 5.54 Å². The van der Waals surface area contributed by atoms with E-state index in [-0.39, 0.29) is 5.78 Å². The van der Waals surface area contributed by atoms with Crippen LogP contribution >= 0.6 is 15.9 Å². The molecule has 1 rings (SSSR count). The standard InChI is InChI=1S/C14H24BrN3O/c1-7-14(4,17(5)6)12(19)9-11-13(15)10(3)16-18(11)8-2/h7-9H2,1-6H3. The molecule has 1 aromatic heterocycles. The Kier molecular flexibility index (Phi) is 5.33. The summed E-state index contributed by atoms with van der Waals surface area (Å²) in [6.45, 7) is 8.82. The Morgan fingerprint density at radius 1 is 1.42 bits per heavy atom. The van der Waals surface area contributed by atoms with Crippen LogP contribution in [0.4, 0.5) is 0 Å². The van der Waals surface area contributed by atoms with E-state index in [1.54, 1.807) is 0 Å². The summed E-state index contributed by atoms with van der Waals surface area (Å²) in [5, 5.41) is 4.44. The van der Waals surface area contributed by atoms with Crippen LogP contribution in [0.25, 0.3) is 0 Å². The van der Waals surface area contributed by atoms with Crippen LogP contribution in [0.3, 0.4) is 0 Å². The summed E-state index contributed by atoms with van der Waals surface area (Å²) in [4.78, 5) is 14.6. The molecule has 0 radical (unpaired) electrons. The Balaban J connectivity index is 3.06. The molecule has 0 aromatic carbocycles. The molecular weight excluding hydrogens is 306 g/mol. The number of hydrogen-bond donors (Lipinski definition) is 0. The Hall–Kier alpha value is -0.680. The average Bonchev–Trinajstić information content (AvgIpc) is 2.64. The molecule has 0 bridgehead atoms. The number of hydrogen-bond acceptors (Lipinski definition) is 3. The van der Waals surface area contributed by atoms with Crippen molar-refractivity contribution in [2.24, 2.45) is 0 Å². The first kappa shape index (κ1) is 16.4. The number of aromatic nitrogens is 2. The summed E-state index contributed by atoms with van der Waals surface area (Å²) in [6.07, 6.45) is 1.22. The smallest absolute Gasteiger partial charge is 0.158 e. The van der Waals surface area contributed by atoms with Crippen molar-refractivity contribution in [3.8, 4) is 0 Å². The van der Waals surface area contributed by atoms with E-state index in [4.69, 9.17) is 0 Å². The molecule has 0 fully saturated rings. The molecule has 1 aromatic rings. The molecule has 5 heteroatoms. The second-order valence-corrected chi connectivity index (χ2v) is 6.08. The van der Waals surface area contributed by atoms with E-state index in [9.17, 15) is 4.79 Å². The van der Waals surface area contributed by atoms with Crippen molar-refractivity contribution in [2.75, 3.05) is 14.1 Å². The predicted molar refractivity (Wildman–Crippen MR) is 81.4 cm³/mol. The molecular formula is C14H24BrN3O. The minimum absolute atomic E-state index is 0.232. The second-order valence-electron chi connectivity index (χ2n) is 5.28. The minimum atomic E-state index is -0.420. The number of aryl methyl sites for hydroxylation is 2. The number of halogens is 1. The van der Waals surface area contributed by atoms with Crippen LogP contribution in [-0.4, -0.2) is 40.1 Å². The number of carbonyl (C=O) groups is 1. The van der Waals surface area contributed by atoms with Gasteiger partial charge in [0.25, 0.3) is 0 Å². The number of ketones is 1. The van der Waals surface area contributed by atoms with Crippen molar-refractivity contribution in [3.63, 3.8) is 0 Å². The van der Waals surface area contributed by atoms with Crippen LogP contribution in [0, 0.1) is 6.92 Å². The van der Waals surface area contributed by atoms with Gasteiger partial charge in [-0.1, -0.05) is 6.92 Å². The number of nitrogens with zero attached hydrogens (tertiary/aromatic N) is 3. The van der Waals surface area contributed by atoms with E-state index in [0.717, 1.165) is 28.8 Å². The molecule has 0 N–H and O–H groups in total. The summed E-state index contributed by atoms with van der Waals surface area (Å²) < 4.78 is 2.86. The van der Waals surface area contributed by atoms with E-state index in [1.165, 1.54) is 0 Å². The third-order valence-corrected chi connectivity index (χ3v) is 5.09. The molecule has 1 heterocycles. The summed E-state index contributed by atoms with van der Waals surface area (Å²) >= 11 is 3.55.